The summed E-state index contributed by atoms with van der Waals surface area (Å²) in [6.07, 6.45) is 2.98. The zero-order valence-electron chi connectivity index (χ0n) is 16.0. The van der Waals surface area contributed by atoms with Gasteiger partial charge in [-0.05, 0) is 50.3 Å². The van der Waals surface area contributed by atoms with Crippen LogP contribution < -0.4 is 10.1 Å². The van der Waals surface area contributed by atoms with E-state index in [1.807, 2.05) is 0 Å². The molecule has 0 bridgehead atoms. The van der Waals surface area contributed by atoms with Gasteiger partial charge < -0.3 is 19.5 Å². The summed E-state index contributed by atoms with van der Waals surface area (Å²) in [5.41, 5.74) is 0.894. The lowest BCUT2D eigenvalue weighted by molar-refractivity contribution is -0.116. The van der Waals surface area contributed by atoms with Crippen molar-refractivity contribution in [3.05, 3.63) is 40.7 Å². The van der Waals surface area contributed by atoms with E-state index in [0.717, 1.165) is 12.8 Å². The first kappa shape index (κ1) is 20.2. The van der Waals surface area contributed by atoms with Gasteiger partial charge in [0.2, 0.25) is 5.91 Å². The Morgan fingerprint density at radius 1 is 1.39 bits per heavy atom. The fraction of sp³-hybridized carbons (Fsp3) is 0.450. The molecule has 2 aromatic rings. The first-order valence-electron chi connectivity index (χ1n) is 9.32. The van der Waals surface area contributed by atoms with Gasteiger partial charge >= 0.3 is 0 Å². The van der Waals surface area contributed by atoms with Crippen molar-refractivity contribution in [2.24, 2.45) is 5.92 Å². The van der Waals surface area contributed by atoms with Gasteiger partial charge in [-0.3, -0.25) is 9.59 Å². The number of rotatable bonds is 6. The highest BCUT2D eigenvalue weighted by atomic mass is 35.5. The average Bonchev–Trinajstić information content (AvgIpc) is 3.12. The summed E-state index contributed by atoms with van der Waals surface area (Å²) < 4.78 is 10.2. The number of piperidine rings is 1. The van der Waals surface area contributed by atoms with Gasteiger partial charge in [0.25, 0.3) is 5.91 Å². The van der Waals surface area contributed by atoms with Crippen LogP contribution in [-0.4, -0.2) is 42.1 Å². The molecule has 0 unspecified atom stereocenters. The molecule has 7 nitrogen and oxygen atoms in total. The van der Waals surface area contributed by atoms with Gasteiger partial charge in [0.05, 0.1) is 12.8 Å². The third-order valence-corrected chi connectivity index (χ3v) is 5.10. The summed E-state index contributed by atoms with van der Waals surface area (Å²) in [5.74, 6) is 1.24. The predicted octanol–water partition coefficient (Wildman–Crippen LogP) is 3.92. The van der Waals surface area contributed by atoms with E-state index in [1.54, 1.807) is 43.2 Å². The van der Waals surface area contributed by atoms with Crippen LogP contribution in [0.1, 0.15) is 41.9 Å². The molecule has 0 saturated carbocycles. The molecule has 2 amide bonds. The lowest BCUT2D eigenvalue weighted by Crippen LogP contribution is -2.40. The van der Waals surface area contributed by atoms with E-state index in [-0.39, 0.29) is 17.7 Å². The van der Waals surface area contributed by atoms with Crippen LogP contribution in [0.15, 0.2) is 28.8 Å². The summed E-state index contributed by atoms with van der Waals surface area (Å²) >= 11 is 6.00. The summed E-state index contributed by atoms with van der Waals surface area (Å²) in [6.45, 7) is 3.09. The Kier molecular flexibility index (Phi) is 6.57. The van der Waals surface area contributed by atoms with Gasteiger partial charge in [0.15, 0.2) is 5.69 Å². The minimum Gasteiger partial charge on any atom is -0.495 e. The van der Waals surface area contributed by atoms with Crippen molar-refractivity contribution in [1.29, 1.82) is 0 Å². The maximum Gasteiger partial charge on any atom is 0.276 e. The second kappa shape index (κ2) is 9.10. The molecule has 0 spiro atoms. The van der Waals surface area contributed by atoms with Gasteiger partial charge in [-0.15, -0.1) is 0 Å². The van der Waals surface area contributed by atoms with Crippen LogP contribution in [0.4, 0.5) is 5.69 Å². The standard InChI is InChI=1S/C20H24ClN3O4/c1-13-10-17(23-28-13)20(26)24-9-3-4-14(12-24)5-8-19(25)22-16-11-15(21)6-7-18(16)27-2/h6-7,10-11,14H,3-5,8-9,12H2,1-2H3,(H,22,25)/t14-/m0/s1. The topological polar surface area (TPSA) is 84.7 Å². The normalized spacial score (nSPS) is 16.7. The third-order valence-electron chi connectivity index (χ3n) is 4.87. The van der Waals surface area contributed by atoms with Crippen molar-refractivity contribution >= 4 is 29.1 Å². The van der Waals surface area contributed by atoms with E-state index in [2.05, 4.69) is 10.5 Å². The highest BCUT2D eigenvalue weighted by molar-refractivity contribution is 6.31. The highest BCUT2D eigenvalue weighted by Crippen LogP contribution is 2.28. The number of methoxy groups -OCH3 is 1. The Morgan fingerprint density at radius 3 is 2.93 bits per heavy atom. The summed E-state index contributed by atoms with van der Waals surface area (Å²) in [4.78, 5) is 26.7. The Labute approximate surface area is 169 Å². The van der Waals surface area contributed by atoms with E-state index < -0.39 is 0 Å². The van der Waals surface area contributed by atoms with Crippen molar-refractivity contribution in [2.75, 3.05) is 25.5 Å². The molecule has 1 aromatic carbocycles. The van der Waals surface area contributed by atoms with Gasteiger partial charge in [0.1, 0.15) is 11.5 Å². The minimum atomic E-state index is -0.116. The second-order valence-corrected chi connectivity index (χ2v) is 7.45. The van der Waals surface area contributed by atoms with Crippen molar-refractivity contribution in [1.82, 2.24) is 10.1 Å². The number of halogens is 1. The number of carbonyl (C=O) groups is 2. The van der Waals surface area contributed by atoms with Gasteiger partial charge in [0, 0.05) is 30.6 Å². The number of anilines is 1. The number of aryl methyl sites for hydroxylation is 1. The quantitative estimate of drug-likeness (QED) is 0.787. The molecule has 0 radical (unpaired) electrons. The third kappa shape index (κ3) is 5.04. The van der Waals surface area contributed by atoms with Crippen molar-refractivity contribution in [3.8, 4) is 5.75 Å². The maximum absolute atomic E-state index is 12.5. The van der Waals surface area contributed by atoms with Gasteiger partial charge in [-0.2, -0.15) is 0 Å². The van der Waals surface area contributed by atoms with Crippen LogP contribution >= 0.6 is 11.6 Å². The number of amides is 2. The number of benzene rings is 1. The number of nitrogens with one attached hydrogen (secondary N) is 1. The number of ether oxygens (including phenoxy) is 1. The number of likely N-dealkylation sites (tertiary alicyclic amines) is 1. The first-order chi connectivity index (χ1) is 13.5. The molecule has 1 fully saturated rings. The average molecular weight is 406 g/mol. The Balaban J connectivity index is 1.52. The van der Waals surface area contributed by atoms with Crippen LogP contribution in [0.25, 0.3) is 0 Å². The number of nitrogens with zero attached hydrogens (tertiary/aromatic N) is 2. The molecule has 1 aliphatic heterocycles. The van der Waals surface area contributed by atoms with Crippen LogP contribution in [-0.2, 0) is 4.79 Å². The maximum atomic E-state index is 12.5. The molecule has 1 N–H and O–H groups in total. The van der Waals surface area contributed by atoms with E-state index in [9.17, 15) is 9.59 Å². The summed E-state index contributed by atoms with van der Waals surface area (Å²) in [5, 5.41) is 7.19. The smallest absolute Gasteiger partial charge is 0.276 e. The molecule has 3 rings (SSSR count). The van der Waals surface area contributed by atoms with Crippen LogP contribution in [0, 0.1) is 12.8 Å². The monoisotopic (exact) mass is 405 g/mol. The minimum absolute atomic E-state index is 0.101. The fourth-order valence-corrected chi connectivity index (χ4v) is 3.61. The molecule has 1 atom stereocenters. The Morgan fingerprint density at radius 2 is 2.21 bits per heavy atom. The van der Waals surface area contributed by atoms with Gasteiger partial charge in [-0.25, -0.2) is 0 Å². The molecule has 1 aromatic heterocycles. The molecule has 0 aliphatic carbocycles. The first-order valence-corrected chi connectivity index (χ1v) is 9.70. The van der Waals surface area contributed by atoms with Crippen molar-refractivity contribution in [3.63, 3.8) is 0 Å². The summed E-state index contributed by atoms with van der Waals surface area (Å²) in [6, 6.07) is 6.74. The molecular weight excluding hydrogens is 382 g/mol. The van der Waals surface area contributed by atoms with Crippen LogP contribution in [0.5, 0.6) is 5.75 Å². The number of carbonyl (C=O) groups excluding carboxylic acids is 2. The Bertz CT molecular complexity index is 852. The van der Waals surface area contributed by atoms with E-state index in [0.29, 0.717) is 53.8 Å². The number of hydrogen-bond acceptors (Lipinski definition) is 5. The largest absolute Gasteiger partial charge is 0.495 e. The second-order valence-electron chi connectivity index (χ2n) is 7.01. The van der Waals surface area contributed by atoms with Crippen molar-refractivity contribution in [2.45, 2.75) is 32.6 Å². The zero-order valence-corrected chi connectivity index (χ0v) is 16.8. The van der Waals surface area contributed by atoms with E-state index in [1.165, 1.54) is 0 Å². The fourth-order valence-electron chi connectivity index (χ4n) is 3.44. The zero-order chi connectivity index (χ0) is 20.1. The summed E-state index contributed by atoms with van der Waals surface area (Å²) in [7, 11) is 1.54. The highest BCUT2D eigenvalue weighted by Gasteiger charge is 2.26. The Hall–Kier alpha value is -2.54. The molecule has 1 saturated heterocycles. The SMILES string of the molecule is COc1ccc(Cl)cc1NC(=O)CC[C@@H]1CCCN(C(=O)c2cc(C)on2)C1. The lowest BCUT2D eigenvalue weighted by Gasteiger charge is -2.32. The van der Waals surface area contributed by atoms with E-state index >= 15 is 0 Å². The lowest BCUT2D eigenvalue weighted by atomic mass is 9.93. The molecule has 8 heteroatoms. The number of aromatic nitrogens is 1. The van der Waals surface area contributed by atoms with Crippen LogP contribution in [0.2, 0.25) is 5.02 Å². The van der Waals surface area contributed by atoms with Gasteiger partial charge in [-0.1, -0.05) is 16.8 Å². The molecule has 1 aliphatic rings. The van der Waals surface area contributed by atoms with Crippen molar-refractivity contribution < 1.29 is 18.8 Å². The number of hydrogen-bond donors (Lipinski definition) is 1. The van der Waals surface area contributed by atoms with E-state index in [4.69, 9.17) is 20.9 Å². The molecule has 28 heavy (non-hydrogen) atoms. The molecule has 150 valence electrons. The predicted molar refractivity (Wildman–Crippen MR) is 106 cm³/mol. The van der Waals surface area contributed by atoms with Crippen LogP contribution in [0.3, 0.4) is 0 Å². The molecule has 2 heterocycles. The molecular formula is C20H24ClN3O4.